The molecule has 0 fully saturated rings. The topological polar surface area (TPSA) is 105 Å². The maximum atomic E-state index is 13.9. The van der Waals surface area contributed by atoms with Gasteiger partial charge in [0, 0.05) is 40.0 Å². The van der Waals surface area contributed by atoms with Crippen molar-refractivity contribution < 1.29 is 18.1 Å². The lowest BCUT2D eigenvalue weighted by molar-refractivity contribution is -0.119. The summed E-state index contributed by atoms with van der Waals surface area (Å²) >= 11 is 0. The van der Waals surface area contributed by atoms with Gasteiger partial charge in [-0.3, -0.25) is 4.79 Å². The molecule has 3 N–H and O–H groups in total. The Morgan fingerprint density at radius 3 is 2.72 bits per heavy atom. The van der Waals surface area contributed by atoms with E-state index in [4.69, 9.17) is 4.74 Å². The van der Waals surface area contributed by atoms with Gasteiger partial charge in [0.15, 0.2) is 0 Å². The van der Waals surface area contributed by atoms with Crippen molar-refractivity contribution in [3.63, 3.8) is 0 Å². The largest absolute Gasteiger partial charge is 0.487 e. The number of amides is 1. The molecule has 3 rings (SSSR count). The zero-order chi connectivity index (χ0) is 23.5. The van der Waals surface area contributed by atoms with E-state index in [1.807, 2.05) is 13.0 Å². The molecule has 0 saturated carbocycles. The molecular formula is C22H26FN5O3S. The quantitative estimate of drug-likeness (QED) is 0.446. The first-order chi connectivity index (χ1) is 15.0. The molecule has 0 saturated heterocycles. The van der Waals surface area contributed by atoms with Crippen LogP contribution in [0.3, 0.4) is 0 Å². The fraction of sp³-hybridized carbons (Fsp3) is 0.273. The SMILES string of the molecule is C=S(C)(=O)Nc1cc(C)c2c(Nc3ccc(F)cc3O[C@@H](C)CNC(C)=O)ncnc2c1. The van der Waals surface area contributed by atoms with E-state index in [1.54, 1.807) is 19.1 Å². The van der Waals surface area contributed by atoms with Gasteiger partial charge in [-0.2, -0.15) is 0 Å². The van der Waals surface area contributed by atoms with Crippen LogP contribution in [0, 0.1) is 12.7 Å². The summed E-state index contributed by atoms with van der Waals surface area (Å²) in [6.07, 6.45) is 2.54. The van der Waals surface area contributed by atoms with Crippen molar-refractivity contribution >= 4 is 49.6 Å². The second-order valence-electron chi connectivity index (χ2n) is 7.65. The van der Waals surface area contributed by atoms with E-state index in [-0.39, 0.29) is 24.3 Å². The van der Waals surface area contributed by atoms with E-state index >= 15 is 0 Å². The average molecular weight is 460 g/mol. The Balaban J connectivity index is 1.95. The molecular weight excluding hydrogens is 433 g/mol. The van der Waals surface area contributed by atoms with Crippen molar-refractivity contribution in [1.29, 1.82) is 0 Å². The average Bonchev–Trinajstić information content (AvgIpc) is 2.67. The zero-order valence-electron chi connectivity index (χ0n) is 18.4. The molecule has 2 atom stereocenters. The lowest BCUT2D eigenvalue weighted by Crippen LogP contribution is -2.32. The number of nitrogens with one attached hydrogen (secondary N) is 3. The zero-order valence-corrected chi connectivity index (χ0v) is 19.2. The molecule has 10 heteroatoms. The molecule has 8 nitrogen and oxygen atoms in total. The summed E-state index contributed by atoms with van der Waals surface area (Å²) in [6, 6.07) is 7.75. The Hall–Kier alpha value is -3.40. The molecule has 1 unspecified atom stereocenters. The Bertz CT molecular complexity index is 1260. The highest BCUT2D eigenvalue weighted by Crippen LogP contribution is 2.33. The monoisotopic (exact) mass is 459 g/mol. The van der Waals surface area contributed by atoms with Crippen molar-refractivity contribution in [2.75, 3.05) is 22.8 Å². The molecule has 0 aliphatic heterocycles. The maximum absolute atomic E-state index is 13.9. The molecule has 0 radical (unpaired) electrons. The molecule has 2 aromatic carbocycles. The fourth-order valence-electron chi connectivity index (χ4n) is 3.17. The van der Waals surface area contributed by atoms with Crippen LogP contribution >= 0.6 is 0 Å². The normalized spacial score (nSPS) is 13.8. The number of hydrogen-bond acceptors (Lipinski definition) is 6. The van der Waals surface area contributed by atoms with E-state index in [0.717, 1.165) is 10.9 Å². The van der Waals surface area contributed by atoms with Gasteiger partial charge in [0.05, 0.1) is 17.7 Å². The number of halogens is 1. The summed E-state index contributed by atoms with van der Waals surface area (Å²) < 4.78 is 34.7. The van der Waals surface area contributed by atoms with Crippen LogP contribution in [0.1, 0.15) is 19.4 Å². The lowest BCUT2D eigenvalue weighted by atomic mass is 10.1. The van der Waals surface area contributed by atoms with Gasteiger partial charge in [0.25, 0.3) is 0 Å². The van der Waals surface area contributed by atoms with Gasteiger partial charge in [-0.15, -0.1) is 0 Å². The summed E-state index contributed by atoms with van der Waals surface area (Å²) in [5, 5.41) is 6.63. The smallest absolute Gasteiger partial charge is 0.217 e. The highest BCUT2D eigenvalue weighted by molar-refractivity contribution is 8.00. The summed E-state index contributed by atoms with van der Waals surface area (Å²) in [7, 11) is -2.44. The van der Waals surface area contributed by atoms with Gasteiger partial charge >= 0.3 is 0 Å². The number of benzene rings is 2. The molecule has 1 heterocycles. The maximum Gasteiger partial charge on any atom is 0.217 e. The molecule has 0 bridgehead atoms. The van der Waals surface area contributed by atoms with E-state index in [9.17, 15) is 13.4 Å². The van der Waals surface area contributed by atoms with E-state index in [0.29, 0.717) is 22.7 Å². The van der Waals surface area contributed by atoms with Crippen LogP contribution in [-0.2, 0) is 14.5 Å². The first-order valence-corrected chi connectivity index (χ1v) is 12.0. The molecule has 3 aromatic rings. The molecule has 1 amide bonds. The second kappa shape index (κ2) is 9.39. The Labute approximate surface area is 186 Å². The first kappa shape index (κ1) is 23.3. The third-order valence-corrected chi connectivity index (χ3v) is 5.10. The van der Waals surface area contributed by atoms with Gasteiger partial charge < -0.3 is 20.1 Å². The molecule has 0 spiro atoms. The number of rotatable bonds is 8. The standard InChI is InChI=1S/C22H26FN5O3S/c1-13-8-17(28-32(4,5)30)10-19-21(13)22(26-12-25-19)27-18-7-6-16(23)9-20(18)31-14(2)11-24-15(3)29/h6-10,12,14H,4,11H2,1-3,5H3,(H,24,29)(H,28,30)(H,25,26,27)/t14-,32?/m0/s1. The number of nitrogens with zero attached hydrogens (tertiary/aromatic N) is 2. The number of aryl methyl sites for hydroxylation is 1. The van der Waals surface area contributed by atoms with E-state index in [1.165, 1.54) is 31.6 Å². The van der Waals surface area contributed by atoms with Gasteiger partial charge in [-0.1, -0.05) is 0 Å². The number of fused-ring (bicyclic) bond motifs is 1. The number of carbonyl (C=O) groups is 1. The van der Waals surface area contributed by atoms with Crippen LogP contribution in [0.5, 0.6) is 5.75 Å². The minimum atomic E-state index is -2.44. The minimum absolute atomic E-state index is 0.174. The molecule has 0 aliphatic rings. The van der Waals surface area contributed by atoms with Crippen LogP contribution in [0.2, 0.25) is 0 Å². The summed E-state index contributed by atoms with van der Waals surface area (Å²) in [5.74, 6) is 3.79. The number of anilines is 3. The minimum Gasteiger partial charge on any atom is -0.487 e. The summed E-state index contributed by atoms with van der Waals surface area (Å²) in [6.45, 7) is 5.36. The van der Waals surface area contributed by atoms with Crippen LogP contribution in [-0.4, -0.2) is 44.9 Å². The van der Waals surface area contributed by atoms with Crippen molar-refractivity contribution in [3.05, 3.63) is 48.0 Å². The molecule has 32 heavy (non-hydrogen) atoms. The number of aromatic nitrogens is 2. The lowest BCUT2D eigenvalue weighted by Gasteiger charge is -2.19. The highest BCUT2D eigenvalue weighted by atomic mass is 32.2. The van der Waals surface area contributed by atoms with Gasteiger partial charge in [0.2, 0.25) is 5.91 Å². The predicted molar refractivity (Wildman–Crippen MR) is 128 cm³/mol. The summed E-state index contributed by atoms with van der Waals surface area (Å²) in [4.78, 5) is 19.8. The number of hydrogen-bond donors (Lipinski definition) is 3. The van der Waals surface area contributed by atoms with Crippen molar-refractivity contribution in [1.82, 2.24) is 15.3 Å². The second-order valence-corrected chi connectivity index (χ2v) is 9.86. The Kier molecular flexibility index (Phi) is 6.83. The van der Waals surface area contributed by atoms with Crippen molar-refractivity contribution in [3.8, 4) is 5.75 Å². The molecule has 0 aliphatic carbocycles. The van der Waals surface area contributed by atoms with Gasteiger partial charge in [-0.25, -0.2) is 18.6 Å². The van der Waals surface area contributed by atoms with Crippen LogP contribution in [0.15, 0.2) is 36.7 Å². The van der Waals surface area contributed by atoms with Gasteiger partial charge in [-0.05, 0) is 49.5 Å². The summed E-state index contributed by atoms with van der Waals surface area (Å²) in [5.41, 5.74) is 2.63. The number of carbonyl (C=O) groups excluding carboxylic acids is 1. The van der Waals surface area contributed by atoms with Crippen molar-refractivity contribution in [2.45, 2.75) is 26.9 Å². The first-order valence-electron chi connectivity index (χ1n) is 9.85. The predicted octanol–water partition coefficient (Wildman–Crippen LogP) is 3.40. The third kappa shape index (κ3) is 6.07. The fourth-order valence-corrected chi connectivity index (χ4v) is 3.78. The van der Waals surface area contributed by atoms with Crippen LogP contribution in [0.4, 0.5) is 21.6 Å². The third-order valence-electron chi connectivity index (χ3n) is 4.43. The Morgan fingerprint density at radius 2 is 2.03 bits per heavy atom. The van der Waals surface area contributed by atoms with Gasteiger partial charge in [0.1, 0.15) is 29.8 Å². The molecule has 170 valence electrons. The van der Waals surface area contributed by atoms with Crippen molar-refractivity contribution in [2.24, 2.45) is 0 Å². The highest BCUT2D eigenvalue weighted by Gasteiger charge is 2.14. The van der Waals surface area contributed by atoms with Crippen LogP contribution in [0.25, 0.3) is 10.9 Å². The Morgan fingerprint density at radius 1 is 1.28 bits per heavy atom. The number of ether oxygens (including phenoxy) is 1. The van der Waals surface area contributed by atoms with E-state index in [2.05, 4.69) is 31.2 Å². The molecule has 1 aromatic heterocycles. The van der Waals surface area contributed by atoms with E-state index < -0.39 is 15.5 Å². The van der Waals surface area contributed by atoms with Crippen LogP contribution < -0.4 is 20.1 Å².